The van der Waals surface area contributed by atoms with Crippen molar-refractivity contribution in [3.8, 4) is 5.75 Å². The Balaban J connectivity index is 2.64. The van der Waals surface area contributed by atoms with Gasteiger partial charge in [0.2, 0.25) is 0 Å². The third-order valence-corrected chi connectivity index (χ3v) is 1.99. The second kappa shape index (κ2) is 6.12. The van der Waals surface area contributed by atoms with Crippen molar-refractivity contribution >= 4 is 5.91 Å². The zero-order chi connectivity index (χ0) is 12.0. The summed E-state index contributed by atoms with van der Waals surface area (Å²) in [5.41, 5.74) is 6.15. The zero-order valence-electron chi connectivity index (χ0n) is 9.69. The van der Waals surface area contributed by atoms with Crippen molar-refractivity contribution < 1.29 is 9.53 Å². The minimum Gasteiger partial charge on any atom is -0.494 e. The molecule has 0 spiro atoms. The molecule has 0 saturated heterocycles. The maximum absolute atomic E-state index is 11.7. The van der Waals surface area contributed by atoms with E-state index in [1.807, 2.05) is 19.9 Å². The molecule has 0 aliphatic carbocycles. The Labute approximate surface area is 95.8 Å². The van der Waals surface area contributed by atoms with Gasteiger partial charge in [0.05, 0.1) is 6.61 Å². The van der Waals surface area contributed by atoms with Crippen LogP contribution in [-0.2, 0) is 0 Å². The van der Waals surface area contributed by atoms with Gasteiger partial charge >= 0.3 is 0 Å². The highest BCUT2D eigenvalue weighted by Crippen LogP contribution is 2.12. The standard InChI is InChI=1S/C12H18N2O2/c1-3-16-11-6-4-5-10(7-11)12(15)14-8-9(2)13/h4-7,9H,3,8,13H2,1-2H3,(H,14,15). The number of ether oxygens (including phenoxy) is 1. The summed E-state index contributed by atoms with van der Waals surface area (Å²) in [5.74, 6) is 0.579. The zero-order valence-corrected chi connectivity index (χ0v) is 9.69. The van der Waals surface area contributed by atoms with Crippen LogP contribution in [0.25, 0.3) is 0 Å². The van der Waals surface area contributed by atoms with Crippen LogP contribution >= 0.6 is 0 Å². The van der Waals surface area contributed by atoms with Crippen molar-refractivity contribution in [2.24, 2.45) is 5.73 Å². The van der Waals surface area contributed by atoms with Gasteiger partial charge in [0.25, 0.3) is 5.91 Å². The summed E-state index contributed by atoms with van der Waals surface area (Å²) in [5, 5.41) is 2.75. The molecule has 0 saturated carbocycles. The third-order valence-electron chi connectivity index (χ3n) is 1.99. The molecule has 0 radical (unpaired) electrons. The van der Waals surface area contributed by atoms with E-state index in [-0.39, 0.29) is 11.9 Å². The normalized spacial score (nSPS) is 11.9. The van der Waals surface area contributed by atoms with Crippen LogP contribution in [0, 0.1) is 0 Å². The highest BCUT2D eigenvalue weighted by molar-refractivity contribution is 5.94. The first kappa shape index (κ1) is 12.5. The summed E-state index contributed by atoms with van der Waals surface area (Å²) >= 11 is 0. The number of hydrogen-bond donors (Lipinski definition) is 2. The lowest BCUT2D eigenvalue weighted by Gasteiger charge is -2.09. The predicted molar refractivity (Wildman–Crippen MR) is 63.6 cm³/mol. The van der Waals surface area contributed by atoms with E-state index in [0.717, 1.165) is 0 Å². The van der Waals surface area contributed by atoms with Crippen molar-refractivity contribution in [3.63, 3.8) is 0 Å². The molecule has 88 valence electrons. The van der Waals surface area contributed by atoms with Gasteiger partial charge in [-0.15, -0.1) is 0 Å². The number of benzene rings is 1. The molecule has 0 heterocycles. The summed E-state index contributed by atoms with van der Waals surface area (Å²) in [6, 6.07) is 7.05. The summed E-state index contributed by atoms with van der Waals surface area (Å²) in [4.78, 5) is 11.7. The first-order chi connectivity index (χ1) is 7.63. The molecule has 1 aromatic rings. The number of nitrogens with two attached hydrogens (primary N) is 1. The average molecular weight is 222 g/mol. The molecular weight excluding hydrogens is 204 g/mol. The molecule has 1 rings (SSSR count). The molecule has 1 amide bonds. The smallest absolute Gasteiger partial charge is 0.251 e. The Hall–Kier alpha value is -1.55. The summed E-state index contributed by atoms with van der Waals surface area (Å²) < 4.78 is 5.32. The number of hydrogen-bond acceptors (Lipinski definition) is 3. The van der Waals surface area contributed by atoms with Crippen LogP contribution in [0.1, 0.15) is 24.2 Å². The lowest BCUT2D eigenvalue weighted by atomic mass is 10.2. The Morgan fingerprint density at radius 1 is 1.56 bits per heavy atom. The molecule has 16 heavy (non-hydrogen) atoms. The van der Waals surface area contributed by atoms with Crippen LogP contribution < -0.4 is 15.8 Å². The first-order valence-corrected chi connectivity index (χ1v) is 5.40. The number of rotatable bonds is 5. The molecule has 0 aliphatic heterocycles. The van der Waals surface area contributed by atoms with Gasteiger partial charge in [-0.3, -0.25) is 4.79 Å². The van der Waals surface area contributed by atoms with Crippen molar-refractivity contribution in [2.75, 3.05) is 13.2 Å². The second-order valence-electron chi connectivity index (χ2n) is 3.65. The van der Waals surface area contributed by atoms with E-state index in [2.05, 4.69) is 5.32 Å². The Kier molecular flexibility index (Phi) is 4.79. The average Bonchev–Trinajstić information content (AvgIpc) is 2.26. The van der Waals surface area contributed by atoms with Gasteiger partial charge in [-0.25, -0.2) is 0 Å². The number of carbonyl (C=O) groups excluding carboxylic acids is 1. The lowest BCUT2D eigenvalue weighted by molar-refractivity contribution is 0.0951. The molecule has 4 heteroatoms. The number of nitrogens with one attached hydrogen (secondary N) is 1. The molecule has 3 N–H and O–H groups in total. The van der Waals surface area contributed by atoms with Crippen LogP contribution in [0.3, 0.4) is 0 Å². The minimum absolute atomic E-state index is 0.0426. The van der Waals surface area contributed by atoms with E-state index in [4.69, 9.17) is 10.5 Å². The number of amides is 1. The van der Waals surface area contributed by atoms with Gasteiger partial charge in [0, 0.05) is 18.2 Å². The maximum atomic E-state index is 11.7. The largest absolute Gasteiger partial charge is 0.494 e. The molecule has 1 aromatic carbocycles. The fraction of sp³-hybridized carbons (Fsp3) is 0.417. The highest BCUT2D eigenvalue weighted by atomic mass is 16.5. The van der Waals surface area contributed by atoms with Crippen LogP contribution in [0.4, 0.5) is 0 Å². The van der Waals surface area contributed by atoms with Crippen LogP contribution in [0.5, 0.6) is 5.75 Å². The van der Waals surface area contributed by atoms with E-state index in [9.17, 15) is 4.79 Å². The lowest BCUT2D eigenvalue weighted by Crippen LogP contribution is -2.35. The molecule has 0 aliphatic rings. The Morgan fingerprint density at radius 3 is 2.94 bits per heavy atom. The maximum Gasteiger partial charge on any atom is 0.251 e. The van der Waals surface area contributed by atoms with E-state index < -0.39 is 0 Å². The van der Waals surface area contributed by atoms with Gasteiger partial charge in [0.15, 0.2) is 0 Å². The van der Waals surface area contributed by atoms with Crippen molar-refractivity contribution in [2.45, 2.75) is 19.9 Å². The Morgan fingerprint density at radius 2 is 2.31 bits per heavy atom. The molecule has 0 bridgehead atoms. The second-order valence-corrected chi connectivity index (χ2v) is 3.65. The van der Waals surface area contributed by atoms with E-state index >= 15 is 0 Å². The Bertz CT molecular complexity index is 351. The topological polar surface area (TPSA) is 64.3 Å². The first-order valence-electron chi connectivity index (χ1n) is 5.40. The SMILES string of the molecule is CCOc1cccc(C(=O)NCC(C)N)c1. The van der Waals surface area contributed by atoms with E-state index in [0.29, 0.717) is 24.5 Å². The van der Waals surface area contributed by atoms with Crippen LogP contribution in [-0.4, -0.2) is 25.1 Å². The minimum atomic E-state index is -0.126. The fourth-order valence-electron chi connectivity index (χ4n) is 1.25. The molecule has 4 nitrogen and oxygen atoms in total. The molecule has 0 aromatic heterocycles. The fourth-order valence-corrected chi connectivity index (χ4v) is 1.25. The quantitative estimate of drug-likeness (QED) is 0.785. The van der Waals surface area contributed by atoms with E-state index in [1.165, 1.54) is 0 Å². The van der Waals surface area contributed by atoms with Crippen molar-refractivity contribution in [1.29, 1.82) is 0 Å². The summed E-state index contributed by atoms with van der Waals surface area (Å²) in [7, 11) is 0. The molecule has 1 unspecified atom stereocenters. The molecular formula is C12H18N2O2. The third kappa shape index (κ3) is 3.90. The van der Waals surface area contributed by atoms with E-state index in [1.54, 1.807) is 18.2 Å². The van der Waals surface area contributed by atoms with Gasteiger partial charge in [-0.2, -0.15) is 0 Å². The van der Waals surface area contributed by atoms with Gasteiger partial charge in [-0.05, 0) is 32.0 Å². The van der Waals surface area contributed by atoms with Crippen LogP contribution in [0.2, 0.25) is 0 Å². The molecule has 1 atom stereocenters. The van der Waals surface area contributed by atoms with Crippen molar-refractivity contribution in [3.05, 3.63) is 29.8 Å². The predicted octanol–water partition coefficient (Wildman–Crippen LogP) is 1.16. The van der Waals surface area contributed by atoms with Crippen molar-refractivity contribution in [1.82, 2.24) is 5.32 Å². The summed E-state index contributed by atoms with van der Waals surface area (Å²) in [6.07, 6.45) is 0. The van der Waals surface area contributed by atoms with Gasteiger partial charge in [-0.1, -0.05) is 6.07 Å². The monoisotopic (exact) mass is 222 g/mol. The summed E-state index contributed by atoms with van der Waals surface area (Å²) in [6.45, 7) is 4.81. The number of carbonyl (C=O) groups is 1. The van der Waals surface area contributed by atoms with Gasteiger partial charge in [0.1, 0.15) is 5.75 Å². The van der Waals surface area contributed by atoms with Crippen LogP contribution in [0.15, 0.2) is 24.3 Å². The highest BCUT2D eigenvalue weighted by Gasteiger charge is 2.06. The molecule has 0 fully saturated rings. The van der Waals surface area contributed by atoms with Gasteiger partial charge < -0.3 is 15.8 Å².